The summed E-state index contributed by atoms with van der Waals surface area (Å²) in [6.45, 7) is 0. The van der Waals surface area contributed by atoms with Crippen LogP contribution < -0.4 is 4.90 Å². The molecule has 0 fully saturated rings. The molecule has 0 unspecified atom stereocenters. The first-order chi connectivity index (χ1) is 26.3. The maximum Gasteiger partial charge on any atom is 0.136 e. The molecule has 11 aromatic rings. The molecule has 0 atom stereocenters. The highest BCUT2D eigenvalue weighted by molar-refractivity contribution is 6.12. The van der Waals surface area contributed by atoms with Gasteiger partial charge in [0, 0.05) is 43.9 Å². The minimum Gasteiger partial charge on any atom is -0.456 e. The first kappa shape index (κ1) is 29.6. The Labute approximate surface area is 306 Å². The van der Waals surface area contributed by atoms with Crippen molar-refractivity contribution in [2.75, 3.05) is 4.90 Å². The quantitative estimate of drug-likeness (QED) is 0.181. The number of anilines is 3. The van der Waals surface area contributed by atoms with E-state index in [1.807, 2.05) is 0 Å². The van der Waals surface area contributed by atoms with Crippen LogP contribution in [0.5, 0.6) is 0 Å². The molecule has 0 radical (unpaired) electrons. The summed E-state index contributed by atoms with van der Waals surface area (Å²) in [5, 5.41) is 9.52. The number of aromatic nitrogens is 1. The third-order valence-corrected chi connectivity index (χ3v) is 10.7. The average molecular weight is 677 g/mol. The Bertz CT molecular complexity index is 3140. The molecule has 248 valence electrons. The Balaban J connectivity index is 1.15. The van der Waals surface area contributed by atoms with Crippen molar-refractivity contribution < 1.29 is 4.42 Å². The summed E-state index contributed by atoms with van der Waals surface area (Å²) in [6.07, 6.45) is 0. The number of para-hydroxylation sites is 3. The third-order valence-electron chi connectivity index (χ3n) is 10.7. The van der Waals surface area contributed by atoms with Crippen molar-refractivity contribution >= 4 is 82.4 Å². The van der Waals surface area contributed by atoms with E-state index in [1.165, 1.54) is 43.4 Å². The highest BCUT2D eigenvalue weighted by atomic mass is 16.3. The molecule has 0 N–H and O–H groups in total. The van der Waals surface area contributed by atoms with Gasteiger partial charge in [-0.3, -0.25) is 0 Å². The van der Waals surface area contributed by atoms with Crippen LogP contribution in [0.15, 0.2) is 199 Å². The summed E-state index contributed by atoms with van der Waals surface area (Å²) in [5.41, 5.74) is 10.9. The zero-order valence-electron chi connectivity index (χ0n) is 28.8. The van der Waals surface area contributed by atoms with E-state index in [9.17, 15) is 0 Å². The molecule has 0 aliphatic heterocycles. The lowest BCUT2D eigenvalue weighted by Gasteiger charge is -2.29. The predicted molar refractivity (Wildman–Crippen MR) is 223 cm³/mol. The molecule has 11 rings (SSSR count). The fourth-order valence-electron chi connectivity index (χ4n) is 8.33. The molecule has 2 heterocycles. The first-order valence-electron chi connectivity index (χ1n) is 18.1. The van der Waals surface area contributed by atoms with E-state index in [1.54, 1.807) is 0 Å². The molecule has 0 amide bonds. The molecule has 0 aliphatic carbocycles. The van der Waals surface area contributed by atoms with E-state index in [-0.39, 0.29) is 0 Å². The number of hydrogen-bond acceptors (Lipinski definition) is 2. The summed E-state index contributed by atoms with van der Waals surface area (Å²) >= 11 is 0. The molecule has 53 heavy (non-hydrogen) atoms. The molecule has 0 aliphatic rings. The smallest absolute Gasteiger partial charge is 0.136 e. The Hall–Kier alpha value is -7.10. The zero-order chi connectivity index (χ0) is 34.9. The van der Waals surface area contributed by atoms with Crippen molar-refractivity contribution in [1.82, 2.24) is 4.57 Å². The van der Waals surface area contributed by atoms with Gasteiger partial charge in [0.1, 0.15) is 11.2 Å². The van der Waals surface area contributed by atoms with Gasteiger partial charge in [0.25, 0.3) is 0 Å². The second kappa shape index (κ2) is 11.7. The second-order valence-corrected chi connectivity index (χ2v) is 13.7. The van der Waals surface area contributed by atoms with Crippen LogP contribution >= 0.6 is 0 Å². The summed E-state index contributed by atoms with van der Waals surface area (Å²) in [6, 6.07) is 69.9. The van der Waals surface area contributed by atoms with Crippen LogP contribution in [0.25, 0.3) is 82.1 Å². The number of furan rings is 1. The minimum atomic E-state index is 0.890. The Kier molecular flexibility index (Phi) is 6.55. The lowest BCUT2D eigenvalue weighted by Crippen LogP contribution is -2.12. The van der Waals surface area contributed by atoms with Crippen LogP contribution in [0.1, 0.15) is 0 Å². The van der Waals surface area contributed by atoms with E-state index in [2.05, 4.69) is 204 Å². The van der Waals surface area contributed by atoms with E-state index >= 15 is 0 Å². The van der Waals surface area contributed by atoms with Crippen LogP contribution in [0.4, 0.5) is 17.1 Å². The standard InChI is InChI=1S/C50H32N2O/c1-2-15-35-31-50-44(29-34(35)14-1)43-30-36(27-28-49(43)53-50)40-20-5-8-23-45(40)51(46-26-11-16-33-13-3-4-19-39(33)46)37-17-12-18-38(32-37)52-47-24-9-6-21-41(47)42-22-7-10-25-48(42)52/h1-32H. The maximum absolute atomic E-state index is 6.41. The third kappa shape index (κ3) is 4.68. The molecular weight excluding hydrogens is 645 g/mol. The Morgan fingerprint density at radius 1 is 0.377 bits per heavy atom. The molecule has 0 spiro atoms. The lowest BCUT2D eigenvalue weighted by molar-refractivity contribution is 0.669. The second-order valence-electron chi connectivity index (χ2n) is 13.7. The normalized spacial score (nSPS) is 11.8. The molecule has 0 bridgehead atoms. The maximum atomic E-state index is 6.41. The summed E-state index contributed by atoms with van der Waals surface area (Å²) < 4.78 is 8.80. The Morgan fingerprint density at radius 3 is 1.79 bits per heavy atom. The SMILES string of the molecule is c1cc(N(c2ccccc2-c2ccc3oc4cc5ccccc5cc4c3c2)c2cccc3ccccc23)cc(-n2c3ccccc3c3ccccc32)c1. The van der Waals surface area contributed by atoms with Gasteiger partial charge in [-0.15, -0.1) is 0 Å². The van der Waals surface area contributed by atoms with Gasteiger partial charge in [0.05, 0.1) is 22.4 Å². The average Bonchev–Trinajstić information content (AvgIpc) is 3.75. The number of benzene rings is 9. The van der Waals surface area contributed by atoms with Gasteiger partial charge in [0.15, 0.2) is 0 Å². The van der Waals surface area contributed by atoms with Gasteiger partial charge in [-0.2, -0.15) is 0 Å². The van der Waals surface area contributed by atoms with Crippen molar-refractivity contribution in [2.45, 2.75) is 0 Å². The summed E-state index contributed by atoms with van der Waals surface area (Å²) in [5.74, 6) is 0. The van der Waals surface area contributed by atoms with Gasteiger partial charge in [-0.05, 0) is 88.5 Å². The highest BCUT2D eigenvalue weighted by Gasteiger charge is 2.21. The highest BCUT2D eigenvalue weighted by Crippen LogP contribution is 2.45. The zero-order valence-corrected chi connectivity index (χ0v) is 28.8. The van der Waals surface area contributed by atoms with Gasteiger partial charge in [0.2, 0.25) is 0 Å². The van der Waals surface area contributed by atoms with Gasteiger partial charge in [-0.25, -0.2) is 0 Å². The van der Waals surface area contributed by atoms with Gasteiger partial charge >= 0.3 is 0 Å². The lowest BCUT2D eigenvalue weighted by atomic mass is 9.98. The number of hydrogen-bond donors (Lipinski definition) is 0. The first-order valence-corrected chi connectivity index (χ1v) is 18.1. The topological polar surface area (TPSA) is 21.3 Å². The fraction of sp³-hybridized carbons (Fsp3) is 0. The predicted octanol–water partition coefficient (Wildman–Crippen LogP) is 14.1. The molecule has 2 aromatic heterocycles. The van der Waals surface area contributed by atoms with Crippen molar-refractivity contribution in [3.8, 4) is 16.8 Å². The van der Waals surface area contributed by atoms with Crippen molar-refractivity contribution in [3.05, 3.63) is 194 Å². The molecule has 3 nitrogen and oxygen atoms in total. The molecule has 0 saturated carbocycles. The minimum absolute atomic E-state index is 0.890. The fourth-order valence-corrected chi connectivity index (χ4v) is 8.33. The summed E-state index contributed by atoms with van der Waals surface area (Å²) in [4.78, 5) is 2.43. The van der Waals surface area contributed by atoms with Crippen molar-refractivity contribution in [1.29, 1.82) is 0 Å². The van der Waals surface area contributed by atoms with Crippen molar-refractivity contribution in [2.24, 2.45) is 0 Å². The van der Waals surface area contributed by atoms with Gasteiger partial charge < -0.3 is 13.9 Å². The van der Waals surface area contributed by atoms with Crippen LogP contribution in [-0.2, 0) is 0 Å². The molecular formula is C50H32N2O. The van der Waals surface area contributed by atoms with Crippen LogP contribution in [0.2, 0.25) is 0 Å². The van der Waals surface area contributed by atoms with E-state index in [0.717, 1.165) is 55.8 Å². The van der Waals surface area contributed by atoms with Crippen LogP contribution in [0, 0.1) is 0 Å². The van der Waals surface area contributed by atoms with Crippen LogP contribution in [0.3, 0.4) is 0 Å². The molecule has 9 aromatic carbocycles. The molecule has 3 heteroatoms. The Morgan fingerprint density at radius 2 is 0.981 bits per heavy atom. The summed E-state index contributed by atoms with van der Waals surface area (Å²) in [7, 11) is 0. The monoisotopic (exact) mass is 676 g/mol. The number of nitrogens with zero attached hydrogens (tertiary/aromatic N) is 2. The molecule has 0 saturated heterocycles. The number of fused-ring (bicyclic) bond motifs is 8. The van der Waals surface area contributed by atoms with E-state index in [4.69, 9.17) is 4.42 Å². The van der Waals surface area contributed by atoms with E-state index in [0.29, 0.717) is 0 Å². The van der Waals surface area contributed by atoms with Crippen molar-refractivity contribution in [3.63, 3.8) is 0 Å². The van der Waals surface area contributed by atoms with Gasteiger partial charge in [-0.1, -0.05) is 127 Å². The van der Waals surface area contributed by atoms with Crippen LogP contribution in [-0.4, -0.2) is 4.57 Å². The number of rotatable bonds is 5. The van der Waals surface area contributed by atoms with E-state index < -0.39 is 0 Å². The largest absolute Gasteiger partial charge is 0.456 e.